The number of likely N-dealkylation sites (N-methyl/N-ethyl adjacent to an activating group) is 1. The number of hydrogen-bond acceptors (Lipinski definition) is 8. The molecule has 2 aliphatic rings. The molecule has 1 aliphatic heterocycles. The molecule has 3 N–H and O–H groups in total. The lowest BCUT2D eigenvalue weighted by Gasteiger charge is -2.32. The number of nitrogens with two attached hydrogens (primary N) is 1. The Bertz CT molecular complexity index is 974. The molecule has 2 heterocycles. The molecule has 1 saturated heterocycles. The second kappa shape index (κ2) is 12.8. The number of hydrogen-bond donors (Lipinski definition) is 2. The molecule has 1 aromatic carbocycles. The summed E-state index contributed by atoms with van der Waals surface area (Å²) in [6.07, 6.45) is 9.57. The van der Waals surface area contributed by atoms with Crippen LogP contribution >= 0.6 is 11.6 Å². The molecule has 1 aromatic heterocycles. The third kappa shape index (κ3) is 6.32. The predicted octanol–water partition coefficient (Wildman–Crippen LogP) is 5.71. The van der Waals surface area contributed by atoms with Gasteiger partial charge >= 0.3 is 0 Å². The first-order valence-electron chi connectivity index (χ1n) is 13.9. The van der Waals surface area contributed by atoms with Gasteiger partial charge in [-0.3, -0.25) is 4.90 Å². The van der Waals surface area contributed by atoms with E-state index in [1.807, 2.05) is 0 Å². The van der Waals surface area contributed by atoms with Crippen LogP contribution in [0.4, 0.5) is 29.2 Å². The monoisotopic (exact) mass is 514 g/mol. The fraction of sp³-hybridized carbons (Fsp3) is 0.667. The molecule has 198 valence electrons. The molecule has 0 radical (unpaired) electrons. The lowest BCUT2D eigenvalue weighted by Crippen LogP contribution is -2.35. The first-order valence-corrected chi connectivity index (χ1v) is 14.2. The summed E-state index contributed by atoms with van der Waals surface area (Å²) < 4.78 is 0. The number of aromatic nitrogens is 3. The highest BCUT2D eigenvalue weighted by atomic mass is 35.5. The van der Waals surface area contributed by atoms with Gasteiger partial charge in [0.05, 0.1) is 10.7 Å². The molecule has 0 amide bonds. The Hall–Kier alpha value is -2.32. The number of nitrogens with one attached hydrogen (secondary N) is 1. The van der Waals surface area contributed by atoms with Crippen molar-refractivity contribution in [2.24, 2.45) is 0 Å². The van der Waals surface area contributed by atoms with Crippen molar-refractivity contribution in [3.63, 3.8) is 0 Å². The molecule has 36 heavy (non-hydrogen) atoms. The molecule has 0 bridgehead atoms. The Labute approximate surface area is 221 Å². The Kier molecular flexibility index (Phi) is 9.48. The van der Waals surface area contributed by atoms with Crippen LogP contribution in [0.15, 0.2) is 18.2 Å². The molecule has 0 spiro atoms. The molecule has 9 heteroatoms. The highest BCUT2D eigenvalue weighted by molar-refractivity contribution is 6.33. The summed E-state index contributed by atoms with van der Waals surface area (Å²) in [4.78, 5) is 21.0. The fourth-order valence-corrected chi connectivity index (χ4v) is 6.09. The van der Waals surface area contributed by atoms with Crippen LogP contribution in [0.1, 0.15) is 72.1 Å². The fourth-order valence-electron chi connectivity index (χ4n) is 5.79. The first-order chi connectivity index (χ1) is 17.5. The second-order valence-electron chi connectivity index (χ2n) is 9.95. The van der Waals surface area contributed by atoms with Crippen molar-refractivity contribution >= 4 is 40.8 Å². The highest BCUT2D eigenvalue weighted by Gasteiger charge is 2.27. The van der Waals surface area contributed by atoms with Gasteiger partial charge in [0.15, 0.2) is 0 Å². The Morgan fingerprint density at radius 2 is 1.75 bits per heavy atom. The maximum Gasteiger partial charge on any atom is 0.236 e. The first kappa shape index (κ1) is 26.7. The predicted molar refractivity (Wildman–Crippen MR) is 152 cm³/mol. The number of halogens is 1. The normalized spacial score (nSPS) is 19.3. The number of nitrogen functional groups attached to an aromatic ring is 1. The summed E-state index contributed by atoms with van der Waals surface area (Å²) in [6, 6.07) is 7.13. The van der Waals surface area contributed by atoms with Gasteiger partial charge in [-0.25, -0.2) is 0 Å². The number of anilines is 5. The van der Waals surface area contributed by atoms with Crippen molar-refractivity contribution in [2.75, 3.05) is 53.6 Å². The zero-order valence-corrected chi connectivity index (χ0v) is 23.0. The third-order valence-electron chi connectivity index (χ3n) is 7.76. The van der Waals surface area contributed by atoms with E-state index in [1.54, 1.807) is 0 Å². The van der Waals surface area contributed by atoms with E-state index >= 15 is 0 Å². The van der Waals surface area contributed by atoms with Gasteiger partial charge < -0.3 is 20.9 Å². The van der Waals surface area contributed by atoms with Gasteiger partial charge in [0.25, 0.3) is 0 Å². The van der Waals surface area contributed by atoms with Gasteiger partial charge in [-0.2, -0.15) is 15.0 Å². The van der Waals surface area contributed by atoms with Gasteiger partial charge in [0.1, 0.15) is 0 Å². The van der Waals surface area contributed by atoms with E-state index in [9.17, 15) is 0 Å². The van der Waals surface area contributed by atoms with Gasteiger partial charge in [-0.05, 0) is 70.8 Å². The van der Waals surface area contributed by atoms with Gasteiger partial charge in [-0.1, -0.05) is 44.2 Å². The molecule has 2 fully saturated rings. The van der Waals surface area contributed by atoms with Crippen LogP contribution in [-0.2, 0) is 0 Å². The minimum atomic E-state index is 0.241. The summed E-state index contributed by atoms with van der Waals surface area (Å²) in [5.41, 5.74) is 8.29. The maximum atomic E-state index is 6.83. The van der Waals surface area contributed by atoms with Crippen molar-refractivity contribution in [1.82, 2.24) is 19.9 Å². The van der Waals surface area contributed by atoms with Crippen LogP contribution in [0.25, 0.3) is 0 Å². The second-order valence-corrected chi connectivity index (χ2v) is 10.4. The lowest BCUT2D eigenvalue weighted by molar-refractivity contribution is 0.277. The quantitative estimate of drug-likeness (QED) is 0.390. The van der Waals surface area contributed by atoms with Crippen LogP contribution in [-0.4, -0.2) is 64.7 Å². The molecule has 1 atom stereocenters. The van der Waals surface area contributed by atoms with Gasteiger partial charge in [0, 0.05) is 37.4 Å². The highest BCUT2D eigenvalue weighted by Crippen LogP contribution is 2.37. The SMILES string of the molecule is CCN(CC)c1ccc(N(c2nc(N)nc(NCC3CCCN3CC)n2)C2CCCCCC2)cc1Cl. The van der Waals surface area contributed by atoms with Crippen LogP contribution in [0.5, 0.6) is 0 Å². The molecular formula is C27H43ClN8. The Balaban J connectivity index is 1.65. The molecule has 2 aromatic rings. The van der Waals surface area contributed by atoms with E-state index in [2.05, 4.69) is 69.0 Å². The summed E-state index contributed by atoms with van der Waals surface area (Å²) in [5, 5.41) is 4.21. The standard InChI is InChI=1S/C27H43ClN8/c1-4-34(5-2)24-16-15-21(18-23(24)28)36(20-12-9-7-8-10-13-20)27-32-25(29)31-26(33-27)30-19-22-14-11-17-35(22)6-3/h15-16,18,20,22H,4-14,17,19H2,1-3H3,(H3,29,30,31,32,33). The van der Waals surface area contributed by atoms with Crippen LogP contribution in [0.2, 0.25) is 5.02 Å². The number of benzene rings is 1. The molecule has 1 aliphatic carbocycles. The number of likely N-dealkylation sites (tertiary alicyclic amines) is 1. The summed E-state index contributed by atoms with van der Waals surface area (Å²) in [6.45, 7) is 11.4. The average molecular weight is 515 g/mol. The Morgan fingerprint density at radius 1 is 1.00 bits per heavy atom. The summed E-state index contributed by atoms with van der Waals surface area (Å²) in [7, 11) is 0. The lowest BCUT2D eigenvalue weighted by atomic mass is 10.1. The minimum absolute atomic E-state index is 0.241. The number of rotatable bonds is 10. The molecule has 1 unspecified atom stereocenters. The van der Waals surface area contributed by atoms with Crippen molar-refractivity contribution in [3.8, 4) is 0 Å². The Morgan fingerprint density at radius 3 is 2.42 bits per heavy atom. The van der Waals surface area contributed by atoms with E-state index in [1.165, 1.54) is 38.5 Å². The maximum absolute atomic E-state index is 6.83. The van der Waals surface area contributed by atoms with Crippen molar-refractivity contribution in [1.29, 1.82) is 0 Å². The molecular weight excluding hydrogens is 472 g/mol. The molecule has 1 saturated carbocycles. The van der Waals surface area contributed by atoms with Crippen LogP contribution in [0.3, 0.4) is 0 Å². The summed E-state index contributed by atoms with van der Waals surface area (Å²) >= 11 is 6.83. The van der Waals surface area contributed by atoms with E-state index in [0.29, 0.717) is 24.0 Å². The average Bonchev–Trinajstić information content (AvgIpc) is 3.17. The molecule has 4 rings (SSSR count). The van der Waals surface area contributed by atoms with E-state index < -0.39 is 0 Å². The van der Waals surface area contributed by atoms with E-state index in [4.69, 9.17) is 22.3 Å². The topological polar surface area (TPSA) is 86.4 Å². The van der Waals surface area contributed by atoms with Crippen LogP contribution in [0, 0.1) is 0 Å². The zero-order valence-electron chi connectivity index (χ0n) is 22.2. The van der Waals surface area contributed by atoms with E-state index in [-0.39, 0.29) is 5.95 Å². The van der Waals surface area contributed by atoms with Crippen molar-refractivity contribution < 1.29 is 0 Å². The largest absolute Gasteiger partial charge is 0.371 e. The van der Waals surface area contributed by atoms with E-state index in [0.717, 1.165) is 62.0 Å². The minimum Gasteiger partial charge on any atom is -0.371 e. The van der Waals surface area contributed by atoms with Crippen LogP contribution < -0.4 is 20.9 Å². The zero-order chi connectivity index (χ0) is 25.5. The van der Waals surface area contributed by atoms with Crippen molar-refractivity contribution in [2.45, 2.75) is 84.2 Å². The van der Waals surface area contributed by atoms with Gasteiger partial charge in [0.2, 0.25) is 17.8 Å². The third-order valence-corrected chi connectivity index (χ3v) is 8.06. The van der Waals surface area contributed by atoms with Crippen molar-refractivity contribution in [3.05, 3.63) is 23.2 Å². The summed E-state index contributed by atoms with van der Waals surface area (Å²) in [5.74, 6) is 1.39. The molecule has 8 nitrogen and oxygen atoms in total. The smallest absolute Gasteiger partial charge is 0.236 e. The number of nitrogens with zero attached hydrogens (tertiary/aromatic N) is 6. The van der Waals surface area contributed by atoms with Gasteiger partial charge in [-0.15, -0.1) is 0 Å².